The average Bonchev–Trinajstić information content (AvgIpc) is 2.98. The molecule has 0 radical (unpaired) electrons. The number of aliphatic hydroxyl groups is 1. The lowest BCUT2D eigenvalue weighted by Crippen LogP contribution is -2.44. The van der Waals surface area contributed by atoms with Crippen LogP contribution in [-0.2, 0) is 4.79 Å². The summed E-state index contributed by atoms with van der Waals surface area (Å²) in [6.45, 7) is 0. The Bertz CT molecular complexity index is 731. The lowest BCUT2D eigenvalue weighted by atomic mass is 9.98. The topological polar surface area (TPSA) is 78.4 Å². The SMILES string of the molecule is O=C(CC1(O)CCCC1)NNC(=O)c1cccc2ccccc12. The van der Waals surface area contributed by atoms with Crippen molar-refractivity contribution < 1.29 is 14.7 Å². The van der Waals surface area contributed by atoms with Crippen molar-refractivity contribution >= 4 is 22.6 Å². The number of hydrogen-bond donors (Lipinski definition) is 3. The first-order valence-electron chi connectivity index (χ1n) is 7.87. The van der Waals surface area contributed by atoms with Gasteiger partial charge in [-0.2, -0.15) is 0 Å². The van der Waals surface area contributed by atoms with E-state index in [1.807, 2.05) is 30.3 Å². The summed E-state index contributed by atoms with van der Waals surface area (Å²) < 4.78 is 0. The molecule has 3 N–H and O–H groups in total. The highest BCUT2D eigenvalue weighted by Crippen LogP contribution is 2.32. The monoisotopic (exact) mass is 312 g/mol. The van der Waals surface area contributed by atoms with Crippen molar-refractivity contribution in [3.63, 3.8) is 0 Å². The number of hydrazine groups is 1. The number of benzene rings is 2. The van der Waals surface area contributed by atoms with Crippen molar-refractivity contribution in [1.29, 1.82) is 0 Å². The zero-order valence-electron chi connectivity index (χ0n) is 12.8. The number of hydrogen-bond acceptors (Lipinski definition) is 3. The summed E-state index contributed by atoms with van der Waals surface area (Å²) in [7, 11) is 0. The summed E-state index contributed by atoms with van der Waals surface area (Å²) in [5, 5.41) is 12.0. The number of fused-ring (bicyclic) bond motifs is 1. The molecule has 23 heavy (non-hydrogen) atoms. The second-order valence-corrected chi connectivity index (χ2v) is 6.14. The minimum atomic E-state index is -0.922. The van der Waals surface area contributed by atoms with Gasteiger partial charge in [-0.15, -0.1) is 0 Å². The molecule has 0 atom stereocenters. The van der Waals surface area contributed by atoms with Gasteiger partial charge in [0.05, 0.1) is 12.0 Å². The highest BCUT2D eigenvalue weighted by molar-refractivity contribution is 6.07. The molecule has 2 amide bonds. The van der Waals surface area contributed by atoms with Gasteiger partial charge in [0.25, 0.3) is 5.91 Å². The van der Waals surface area contributed by atoms with Crippen molar-refractivity contribution in [2.75, 3.05) is 0 Å². The van der Waals surface area contributed by atoms with Gasteiger partial charge < -0.3 is 5.11 Å². The zero-order valence-corrected chi connectivity index (χ0v) is 12.8. The molecule has 1 fully saturated rings. The normalized spacial score (nSPS) is 16.2. The number of rotatable bonds is 3. The molecular formula is C18H20N2O3. The van der Waals surface area contributed by atoms with Gasteiger partial charge in [0.1, 0.15) is 0 Å². The van der Waals surface area contributed by atoms with Gasteiger partial charge in [0.15, 0.2) is 0 Å². The fourth-order valence-electron chi connectivity index (χ4n) is 3.17. The van der Waals surface area contributed by atoms with Crippen molar-refractivity contribution in [3.8, 4) is 0 Å². The van der Waals surface area contributed by atoms with E-state index in [1.54, 1.807) is 12.1 Å². The van der Waals surface area contributed by atoms with E-state index in [9.17, 15) is 14.7 Å². The third-order valence-corrected chi connectivity index (χ3v) is 4.37. The molecule has 2 aromatic rings. The molecule has 0 saturated heterocycles. The summed E-state index contributed by atoms with van der Waals surface area (Å²) in [6, 6.07) is 13.0. The minimum absolute atomic E-state index is 0.0167. The van der Waals surface area contributed by atoms with Crippen LogP contribution in [0.2, 0.25) is 0 Å². The minimum Gasteiger partial charge on any atom is -0.389 e. The van der Waals surface area contributed by atoms with Crippen molar-refractivity contribution in [2.45, 2.75) is 37.7 Å². The maximum absolute atomic E-state index is 12.3. The molecule has 0 spiro atoms. The lowest BCUT2D eigenvalue weighted by Gasteiger charge is -2.21. The quantitative estimate of drug-likeness (QED) is 0.761. The first kappa shape index (κ1) is 15.5. The number of amides is 2. The van der Waals surface area contributed by atoms with Crippen molar-refractivity contribution in [2.24, 2.45) is 0 Å². The fraction of sp³-hybridized carbons (Fsp3) is 0.333. The molecule has 1 saturated carbocycles. The van der Waals surface area contributed by atoms with Crippen LogP contribution in [0.3, 0.4) is 0 Å². The van der Waals surface area contributed by atoms with Crippen LogP contribution < -0.4 is 10.9 Å². The predicted octanol–water partition coefficient (Wildman–Crippen LogP) is 2.30. The molecule has 0 aliphatic heterocycles. The summed E-state index contributed by atoms with van der Waals surface area (Å²) >= 11 is 0. The van der Waals surface area contributed by atoms with E-state index in [4.69, 9.17) is 0 Å². The molecular weight excluding hydrogens is 292 g/mol. The standard InChI is InChI=1S/C18H20N2O3/c21-16(12-18(23)10-3-4-11-18)19-20-17(22)15-9-5-7-13-6-1-2-8-14(13)15/h1-2,5-9,23H,3-4,10-12H2,(H,19,21)(H,20,22). The maximum Gasteiger partial charge on any atom is 0.270 e. The molecule has 0 unspecified atom stereocenters. The predicted molar refractivity (Wildman–Crippen MR) is 87.6 cm³/mol. The summed E-state index contributed by atoms with van der Waals surface area (Å²) in [4.78, 5) is 24.2. The largest absolute Gasteiger partial charge is 0.389 e. The van der Waals surface area contributed by atoms with E-state index >= 15 is 0 Å². The van der Waals surface area contributed by atoms with Crippen LogP contribution in [-0.4, -0.2) is 22.5 Å². The van der Waals surface area contributed by atoms with Crippen LogP contribution in [0.25, 0.3) is 10.8 Å². The van der Waals surface area contributed by atoms with E-state index in [0.717, 1.165) is 23.6 Å². The van der Waals surface area contributed by atoms with Gasteiger partial charge in [-0.25, -0.2) is 0 Å². The highest BCUT2D eigenvalue weighted by atomic mass is 16.3. The second-order valence-electron chi connectivity index (χ2n) is 6.14. The van der Waals surface area contributed by atoms with Gasteiger partial charge in [-0.3, -0.25) is 20.4 Å². The Labute approximate surface area is 134 Å². The number of carbonyl (C=O) groups is 2. The van der Waals surface area contributed by atoms with Gasteiger partial charge in [-0.1, -0.05) is 49.2 Å². The van der Waals surface area contributed by atoms with Gasteiger partial charge in [0, 0.05) is 5.56 Å². The molecule has 3 rings (SSSR count). The van der Waals surface area contributed by atoms with E-state index in [2.05, 4.69) is 10.9 Å². The Balaban J connectivity index is 1.63. The van der Waals surface area contributed by atoms with Gasteiger partial charge >= 0.3 is 0 Å². The highest BCUT2D eigenvalue weighted by Gasteiger charge is 2.33. The Kier molecular flexibility index (Phi) is 4.30. The zero-order chi connectivity index (χ0) is 16.3. The van der Waals surface area contributed by atoms with Gasteiger partial charge in [0.2, 0.25) is 5.91 Å². The van der Waals surface area contributed by atoms with E-state index < -0.39 is 5.60 Å². The van der Waals surface area contributed by atoms with E-state index in [-0.39, 0.29) is 18.2 Å². The molecule has 0 heterocycles. The maximum atomic E-state index is 12.3. The molecule has 1 aliphatic rings. The summed E-state index contributed by atoms with van der Waals surface area (Å²) in [5.41, 5.74) is 4.41. The van der Waals surface area contributed by atoms with Gasteiger partial charge in [-0.05, 0) is 29.7 Å². The third kappa shape index (κ3) is 3.51. The summed E-state index contributed by atoms with van der Waals surface area (Å²) in [6.07, 6.45) is 3.16. The Morgan fingerprint density at radius 1 is 1.00 bits per heavy atom. The van der Waals surface area contributed by atoms with Crippen LogP contribution in [0, 0.1) is 0 Å². The first-order chi connectivity index (χ1) is 11.1. The first-order valence-corrected chi connectivity index (χ1v) is 7.87. The van der Waals surface area contributed by atoms with E-state index in [0.29, 0.717) is 18.4 Å². The smallest absolute Gasteiger partial charge is 0.270 e. The van der Waals surface area contributed by atoms with Crippen LogP contribution in [0.5, 0.6) is 0 Å². The van der Waals surface area contributed by atoms with Crippen LogP contribution in [0.15, 0.2) is 42.5 Å². The third-order valence-electron chi connectivity index (χ3n) is 4.37. The van der Waals surface area contributed by atoms with Crippen molar-refractivity contribution in [1.82, 2.24) is 10.9 Å². The molecule has 1 aliphatic carbocycles. The van der Waals surface area contributed by atoms with Crippen molar-refractivity contribution in [3.05, 3.63) is 48.0 Å². The molecule has 0 bridgehead atoms. The molecule has 120 valence electrons. The molecule has 5 nitrogen and oxygen atoms in total. The number of carbonyl (C=O) groups excluding carboxylic acids is 2. The fourth-order valence-corrected chi connectivity index (χ4v) is 3.17. The number of nitrogens with one attached hydrogen (secondary N) is 2. The second kappa shape index (κ2) is 6.38. The Morgan fingerprint density at radius 3 is 2.48 bits per heavy atom. The lowest BCUT2D eigenvalue weighted by molar-refractivity contribution is -0.126. The van der Waals surface area contributed by atoms with E-state index in [1.165, 1.54) is 0 Å². The van der Waals surface area contributed by atoms with Crippen LogP contribution >= 0.6 is 0 Å². The Hall–Kier alpha value is -2.40. The van der Waals surface area contributed by atoms with Crippen LogP contribution in [0.4, 0.5) is 0 Å². The average molecular weight is 312 g/mol. The Morgan fingerprint density at radius 2 is 1.70 bits per heavy atom. The molecule has 5 heteroatoms. The molecule has 2 aromatic carbocycles. The molecule has 0 aromatic heterocycles. The summed E-state index contributed by atoms with van der Waals surface area (Å²) in [5.74, 6) is -0.739. The van der Waals surface area contributed by atoms with Crippen LogP contribution in [0.1, 0.15) is 42.5 Å².